The summed E-state index contributed by atoms with van der Waals surface area (Å²) in [5.41, 5.74) is 2.08. The topological polar surface area (TPSA) is 9.23 Å². The summed E-state index contributed by atoms with van der Waals surface area (Å²) in [5.74, 6) is -1.81. The van der Waals surface area contributed by atoms with Crippen LogP contribution in [0.2, 0.25) is 0 Å². The Bertz CT molecular complexity index is 764. The van der Waals surface area contributed by atoms with Crippen LogP contribution in [0.3, 0.4) is 0 Å². The quantitative estimate of drug-likeness (QED) is 0.698. The van der Waals surface area contributed by atoms with Gasteiger partial charge in [-0.3, -0.25) is 0 Å². The molecule has 1 nitrogen and oxygen atoms in total. The van der Waals surface area contributed by atoms with Crippen LogP contribution in [0.1, 0.15) is 18.9 Å². The van der Waals surface area contributed by atoms with Gasteiger partial charge in [0, 0.05) is 0 Å². The van der Waals surface area contributed by atoms with Gasteiger partial charge in [-0.1, -0.05) is 6.92 Å². The van der Waals surface area contributed by atoms with Crippen LogP contribution in [-0.4, -0.2) is 21.6 Å². The summed E-state index contributed by atoms with van der Waals surface area (Å²) in [6.45, 7) is 2.29. The molecular formula is C19H18F2OSe. The van der Waals surface area contributed by atoms with E-state index >= 15 is 0 Å². The van der Waals surface area contributed by atoms with E-state index in [2.05, 4.69) is 17.1 Å². The van der Waals surface area contributed by atoms with Gasteiger partial charge < -0.3 is 0 Å². The molecule has 2 aromatic rings. The Morgan fingerprint density at radius 1 is 0.957 bits per heavy atom. The van der Waals surface area contributed by atoms with Gasteiger partial charge in [-0.25, -0.2) is 0 Å². The number of halogens is 2. The van der Waals surface area contributed by atoms with Crippen molar-refractivity contribution in [2.24, 2.45) is 0 Å². The fraction of sp³-hybridized carbons (Fsp3) is 0.158. The van der Waals surface area contributed by atoms with Crippen LogP contribution in [0.4, 0.5) is 8.78 Å². The van der Waals surface area contributed by atoms with E-state index in [0.29, 0.717) is 12.2 Å². The zero-order valence-electron chi connectivity index (χ0n) is 12.8. The molecule has 0 spiro atoms. The Morgan fingerprint density at radius 3 is 2.35 bits per heavy atom. The van der Waals surface area contributed by atoms with E-state index in [1.165, 1.54) is 10.5 Å². The second-order valence-corrected chi connectivity index (χ2v) is 7.68. The summed E-state index contributed by atoms with van der Waals surface area (Å²) in [5, 5.41) is 0. The molecule has 0 N–H and O–H groups in total. The second-order valence-electron chi connectivity index (χ2n) is 5.25. The third-order valence-corrected chi connectivity index (χ3v) is 5.97. The number of ether oxygens (including phenoxy) is 1. The average molecular weight is 379 g/mol. The van der Waals surface area contributed by atoms with Gasteiger partial charge in [-0.2, -0.15) is 0 Å². The fourth-order valence-corrected chi connectivity index (χ4v) is 4.30. The van der Waals surface area contributed by atoms with Gasteiger partial charge in [0.2, 0.25) is 0 Å². The number of allylic oxidation sites excluding steroid dienone is 2. The first-order valence-electron chi connectivity index (χ1n) is 7.55. The molecule has 120 valence electrons. The zero-order valence-corrected chi connectivity index (χ0v) is 14.9. The maximum atomic E-state index is 14.3. The van der Waals surface area contributed by atoms with Crippen molar-refractivity contribution in [1.29, 1.82) is 0 Å². The van der Waals surface area contributed by atoms with E-state index in [4.69, 9.17) is 4.74 Å². The molecule has 0 saturated heterocycles. The number of hydrogen-bond acceptors (Lipinski definition) is 1. The zero-order chi connectivity index (χ0) is 16.2. The summed E-state index contributed by atoms with van der Waals surface area (Å²) < 4.78 is 35.0. The first-order valence-corrected chi connectivity index (χ1v) is 9.81. The molecule has 0 aromatic heterocycles. The monoisotopic (exact) mass is 380 g/mol. The van der Waals surface area contributed by atoms with Crippen LogP contribution in [0.25, 0.3) is 15.6 Å². The first kappa shape index (κ1) is 16.0. The summed E-state index contributed by atoms with van der Waals surface area (Å²) in [7, 11) is 0. The molecule has 3 rings (SSSR count). The van der Waals surface area contributed by atoms with Crippen LogP contribution in [0.5, 0.6) is 5.75 Å². The molecule has 1 aliphatic heterocycles. The second kappa shape index (κ2) is 7.12. The van der Waals surface area contributed by atoms with E-state index in [1.807, 2.05) is 31.2 Å². The summed E-state index contributed by atoms with van der Waals surface area (Å²) in [6.07, 6.45) is 4.94. The molecule has 0 unspecified atom stereocenters. The molecule has 0 radical (unpaired) electrons. The SMILES string of the molecule is CCCOc1ccc(-c2ccc(C3=CC=C[SeH2]3)cc2)c(F)c1F. The fourth-order valence-electron chi connectivity index (χ4n) is 2.42. The molecule has 23 heavy (non-hydrogen) atoms. The Hall–Kier alpha value is -1.90. The van der Waals surface area contributed by atoms with Gasteiger partial charge in [0.25, 0.3) is 0 Å². The van der Waals surface area contributed by atoms with E-state index in [1.54, 1.807) is 6.07 Å². The summed E-state index contributed by atoms with van der Waals surface area (Å²) >= 11 is -0.192. The Morgan fingerprint density at radius 2 is 1.70 bits per heavy atom. The van der Waals surface area contributed by atoms with Crippen molar-refractivity contribution in [3.05, 3.63) is 70.7 Å². The molecular weight excluding hydrogens is 361 g/mol. The van der Waals surface area contributed by atoms with Gasteiger partial charge in [0.05, 0.1) is 0 Å². The predicted molar refractivity (Wildman–Crippen MR) is 93.2 cm³/mol. The summed E-state index contributed by atoms with van der Waals surface area (Å²) in [4.78, 5) is 2.22. The van der Waals surface area contributed by atoms with Gasteiger partial charge in [-0.05, 0) is 0 Å². The third-order valence-electron chi connectivity index (χ3n) is 3.61. The standard InChI is InChI=1S/C19H18F2OSe/c1-2-11-22-16-10-9-15(18(20)19(16)21)13-5-7-14(8-6-13)17-4-3-12-23-17/h3-10,12H,2,11,23H2,1H3. The van der Waals surface area contributed by atoms with Crippen LogP contribution in [0, 0.1) is 11.6 Å². The molecule has 1 aliphatic rings. The van der Waals surface area contributed by atoms with E-state index in [-0.39, 0.29) is 26.3 Å². The molecule has 0 atom stereocenters. The molecule has 2 aromatic carbocycles. The van der Waals surface area contributed by atoms with E-state index < -0.39 is 11.6 Å². The van der Waals surface area contributed by atoms with Gasteiger partial charge in [-0.15, -0.1) is 0 Å². The van der Waals surface area contributed by atoms with Crippen LogP contribution < -0.4 is 4.74 Å². The van der Waals surface area contributed by atoms with Crippen molar-refractivity contribution >= 4 is 19.4 Å². The Labute approximate surface area is 140 Å². The third kappa shape index (κ3) is 3.39. The van der Waals surface area contributed by atoms with Gasteiger partial charge in [0.15, 0.2) is 0 Å². The average Bonchev–Trinajstić information content (AvgIpc) is 3.11. The molecule has 4 heteroatoms. The minimum atomic E-state index is -0.922. The molecule has 0 aliphatic carbocycles. The first-order chi connectivity index (χ1) is 11.2. The number of rotatable bonds is 5. The van der Waals surface area contributed by atoms with E-state index in [0.717, 1.165) is 12.0 Å². The molecule has 1 heterocycles. The van der Waals surface area contributed by atoms with Crippen LogP contribution >= 0.6 is 0 Å². The van der Waals surface area contributed by atoms with Crippen molar-refractivity contribution in [3.63, 3.8) is 0 Å². The number of benzene rings is 2. The summed E-state index contributed by atoms with van der Waals surface area (Å²) in [6, 6.07) is 10.7. The van der Waals surface area contributed by atoms with Gasteiger partial charge >= 0.3 is 134 Å². The van der Waals surface area contributed by atoms with Crippen molar-refractivity contribution in [2.45, 2.75) is 13.3 Å². The molecule has 0 fully saturated rings. The molecule has 0 bridgehead atoms. The van der Waals surface area contributed by atoms with Crippen molar-refractivity contribution in [2.75, 3.05) is 6.61 Å². The maximum absolute atomic E-state index is 14.3. The van der Waals surface area contributed by atoms with Crippen molar-refractivity contribution in [3.8, 4) is 16.9 Å². The van der Waals surface area contributed by atoms with Crippen LogP contribution in [0.15, 0.2) is 53.5 Å². The van der Waals surface area contributed by atoms with Crippen molar-refractivity contribution in [1.82, 2.24) is 0 Å². The Kier molecular flexibility index (Phi) is 4.94. The normalized spacial score (nSPS) is 15.0. The van der Waals surface area contributed by atoms with Crippen molar-refractivity contribution < 1.29 is 13.5 Å². The molecule has 0 saturated carbocycles. The number of hydrogen-bond donors (Lipinski definition) is 0. The Balaban J connectivity index is 1.88. The molecule has 0 amide bonds. The minimum absolute atomic E-state index is 0.0303. The van der Waals surface area contributed by atoms with Crippen LogP contribution in [-0.2, 0) is 0 Å². The van der Waals surface area contributed by atoms with E-state index in [9.17, 15) is 8.78 Å². The van der Waals surface area contributed by atoms with Gasteiger partial charge in [0.1, 0.15) is 0 Å². The predicted octanol–water partition coefficient (Wildman–Crippen LogP) is 4.46.